The zero-order chi connectivity index (χ0) is 17.9. The van der Waals surface area contributed by atoms with Crippen molar-refractivity contribution >= 4 is 15.9 Å². The molecule has 0 aliphatic carbocycles. The molecule has 0 aromatic heterocycles. The fourth-order valence-corrected chi connectivity index (χ4v) is 4.26. The molecule has 0 saturated heterocycles. The number of nitrogens with zero attached hydrogens (tertiary/aromatic N) is 1. The SMILES string of the molecule is Cc1ccc(C(=O)NCCS(=O)(=O)N2CCc3ccccc3C2)cc1. The summed E-state index contributed by atoms with van der Waals surface area (Å²) in [7, 11) is -3.39. The highest BCUT2D eigenvalue weighted by atomic mass is 32.2. The van der Waals surface area contributed by atoms with E-state index in [-0.39, 0.29) is 18.2 Å². The average molecular weight is 358 g/mol. The number of hydrogen-bond donors (Lipinski definition) is 1. The van der Waals surface area contributed by atoms with Crippen molar-refractivity contribution in [2.75, 3.05) is 18.8 Å². The van der Waals surface area contributed by atoms with Crippen LogP contribution in [0.2, 0.25) is 0 Å². The molecule has 0 fully saturated rings. The molecule has 25 heavy (non-hydrogen) atoms. The van der Waals surface area contributed by atoms with E-state index in [9.17, 15) is 13.2 Å². The van der Waals surface area contributed by atoms with Crippen LogP contribution in [0.25, 0.3) is 0 Å². The van der Waals surface area contributed by atoms with Gasteiger partial charge in [0, 0.05) is 25.2 Å². The van der Waals surface area contributed by atoms with Gasteiger partial charge in [-0.3, -0.25) is 4.79 Å². The fraction of sp³-hybridized carbons (Fsp3) is 0.316. The van der Waals surface area contributed by atoms with Crippen LogP contribution in [-0.4, -0.2) is 37.5 Å². The largest absolute Gasteiger partial charge is 0.351 e. The van der Waals surface area contributed by atoms with Gasteiger partial charge in [0.25, 0.3) is 5.91 Å². The molecule has 1 aliphatic rings. The van der Waals surface area contributed by atoms with E-state index in [0.29, 0.717) is 18.7 Å². The van der Waals surface area contributed by atoms with Gasteiger partial charge in [0.1, 0.15) is 0 Å². The molecule has 0 atom stereocenters. The molecule has 0 bridgehead atoms. The number of sulfonamides is 1. The number of nitrogens with one attached hydrogen (secondary N) is 1. The van der Waals surface area contributed by atoms with E-state index < -0.39 is 10.0 Å². The third-order valence-corrected chi connectivity index (χ3v) is 6.27. The van der Waals surface area contributed by atoms with Crippen molar-refractivity contribution in [2.45, 2.75) is 19.9 Å². The molecule has 1 heterocycles. The molecule has 6 heteroatoms. The molecule has 5 nitrogen and oxygen atoms in total. The minimum absolute atomic E-state index is 0.0905. The Kier molecular flexibility index (Phi) is 5.20. The van der Waals surface area contributed by atoms with Gasteiger partial charge in [0.05, 0.1) is 5.75 Å². The van der Waals surface area contributed by atoms with Gasteiger partial charge in [-0.05, 0) is 36.6 Å². The minimum atomic E-state index is -3.39. The standard InChI is InChI=1S/C19H22N2O3S/c1-15-6-8-17(9-7-15)19(22)20-11-13-25(23,24)21-12-10-16-4-2-3-5-18(16)14-21/h2-9H,10-14H2,1H3,(H,20,22). The molecule has 1 N–H and O–H groups in total. The van der Waals surface area contributed by atoms with Gasteiger partial charge in [-0.1, -0.05) is 42.0 Å². The predicted octanol–water partition coefficient (Wildman–Crippen LogP) is 2.11. The number of fused-ring (bicyclic) bond motifs is 1. The van der Waals surface area contributed by atoms with Crippen LogP contribution in [0, 0.1) is 6.92 Å². The van der Waals surface area contributed by atoms with E-state index in [1.807, 2.05) is 43.3 Å². The van der Waals surface area contributed by atoms with Crippen molar-refractivity contribution in [3.05, 3.63) is 70.8 Å². The van der Waals surface area contributed by atoms with Crippen molar-refractivity contribution < 1.29 is 13.2 Å². The number of carbonyl (C=O) groups is 1. The van der Waals surface area contributed by atoms with Crippen LogP contribution in [0.4, 0.5) is 0 Å². The topological polar surface area (TPSA) is 66.5 Å². The normalized spacial score (nSPS) is 14.8. The molecule has 0 saturated carbocycles. The molecular weight excluding hydrogens is 336 g/mol. The van der Waals surface area contributed by atoms with Crippen molar-refractivity contribution in [3.8, 4) is 0 Å². The third-order valence-electron chi connectivity index (χ3n) is 4.45. The smallest absolute Gasteiger partial charge is 0.251 e. The zero-order valence-corrected chi connectivity index (χ0v) is 15.1. The lowest BCUT2D eigenvalue weighted by molar-refractivity contribution is 0.0956. The molecule has 0 radical (unpaired) electrons. The predicted molar refractivity (Wildman–Crippen MR) is 97.9 cm³/mol. The Hall–Kier alpha value is -2.18. The minimum Gasteiger partial charge on any atom is -0.351 e. The second-order valence-electron chi connectivity index (χ2n) is 6.29. The van der Waals surface area contributed by atoms with Crippen LogP contribution < -0.4 is 5.32 Å². The van der Waals surface area contributed by atoms with Gasteiger partial charge in [0.15, 0.2) is 0 Å². The Balaban J connectivity index is 1.56. The first-order valence-corrected chi connectivity index (χ1v) is 9.96. The maximum Gasteiger partial charge on any atom is 0.251 e. The Labute approximate surface area is 148 Å². The average Bonchev–Trinajstić information content (AvgIpc) is 2.61. The Morgan fingerprint density at radius 1 is 1.08 bits per heavy atom. The Bertz CT molecular complexity index is 860. The van der Waals surface area contributed by atoms with Gasteiger partial charge in [-0.25, -0.2) is 8.42 Å². The van der Waals surface area contributed by atoms with E-state index in [1.54, 1.807) is 12.1 Å². The molecule has 0 unspecified atom stereocenters. The lowest BCUT2D eigenvalue weighted by Gasteiger charge is -2.28. The molecule has 2 aromatic rings. The molecule has 0 spiro atoms. The van der Waals surface area contributed by atoms with Gasteiger partial charge < -0.3 is 5.32 Å². The van der Waals surface area contributed by atoms with Crippen molar-refractivity contribution in [1.29, 1.82) is 0 Å². The number of rotatable bonds is 5. The van der Waals surface area contributed by atoms with Gasteiger partial charge >= 0.3 is 0 Å². The second kappa shape index (κ2) is 7.37. The number of carbonyl (C=O) groups excluding carboxylic acids is 1. The maximum absolute atomic E-state index is 12.5. The summed E-state index contributed by atoms with van der Waals surface area (Å²) in [5.41, 5.74) is 3.88. The van der Waals surface area contributed by atoms with Crippen molar-refractivity contribution in [1.82, 2.24) is 9.62 Å². The first kappa shape index (κ1) is 17.6. The highest BCUT2D eigenvalue weighted by Gasteiger charge is 2.26. The highest BCUT2D eigenvalue weighted by Crippen LogP contribution is 2.20. The van der Waals surface area contributed by atoms with E-state index >= 15 is 0 Å². The third kappa shape index (κ3) is 4.27. The van der Waals surface area contributed by atoms with E-state index in [2.05, 4.69) is 5.32 Å². The van der Waals surface area contributed by atoms with Crippen molar-refractivity contribution in [2.24, 2.45) is 0 Å². The number of amides is 1. The van der Waals surface area contributed by atoms with E-state index in [1.165, 1.54) is 9.87 Å². The molecule has 132 valence electrons. The first-order chi connectivity index (χ1) is 12.0. The molecule has 1 amide bonds. The van der Waals surface area contributed by atoms with Crippen molar-refractivity contribution in [3.63, 3.8) is 0 Å². The summed E-state index contributed by atoms with van der Waals surface area (Å²) in [5, 5.41) is 2.69. The van der Waals surface area contributed by atoms with E-state index in [4.69, 9.17) is 0 Å². The van der Waals surface area contributed by atoms with Gasteiger partial charge in [-0.15, -0.1) is 0 Å². The summed E-state index contributed by atoms with van der Waals surface area (Å²) >= 11 is 0. The summed E-state index contributed by atoms with van der Waals surface area (Å²) < 4.78 is 26.6. The van der Waals surface area contributed by atoms with Crippen LogP contribution in [0.3, 0.4) is 0 Å². The van der Waals surface area contributed by atoms with Crippen LogP contribution in [0.1, 0.15) is 27.0 Å². The molecule has 2 aromatic carbocycles. The first-order valence-electron chi connectivity index (χ1n) is 8.35. The summed E-state index contributed by atoms with van der Waals surface area (Å²) in [6.07, 6.45) is 0.727. The molecular formula is C19H22N2O3S. The number of hydrogen-bond acceptors (Lipinski definition) is 3. The second-order valence-corrected chi connectivity index (χ2v) is 8.38. The van der Waals surface area contributed by atoms with Gasteiger partial charge in [0.2, 0.25) is 10.0 Å². The summed E-state index contributed by atoms with van der Waals surface area (Å²) in [6, 6.07) is 15.1. The van der Waals surface area contributed by atoms with Gasteiger partial charge in [-0.2, -0.15) is 4.31 Å². The summed E-state index contributed by atoms with van der Waals surface area (Å²) in [5.74, 6) is -0.341. The quantitative estimate of drug-likeness (QED) is 0.890. The zero-order valence-electron chi connectivity index (χ0n) is 14.2. The lowest BCUT2D eigenvalue weighted by atomic mass is 10.0. The van der Waals surface area contributed by atoms with Crippen LogP contribution in [0.5, 0.6) is 0 Å². The highest BCUT2D eigenvalue weighted by molar-refractivity contribution is 7.89. The fourth-order valence-electron chi connectivity index (χ4n) is 2.94. The Morgan fingerprint density at radius 3 is 2.48 bits per heavy atom. The van der Waals surface area contributed by atoms with E-state index in [0.717, 1.165) is 17.5 Å². The Morgan fingerprint density at radius 2 is 1.76 bits per heavy atom. The molecule has 3 rings (SSSR count). The van der Waals surface area contributed by atoms with Crippen LogP contribution in [0.15, 0.2) is 48.5 Å². The maximum atomic E-state index is 12.5. The summed E-state index contributed by atoms with van der Waals surface area (Å²) in [6.45, 7) is 2.95. The number of benzene rings is 2. The monoisotopic (exact) mass is 358 g/mol. The summed E-state index contributed by atoms with van der Waals surface area (Å²) in [4.78, 5) is 12.1. The van der Waals surface area contributed by atoms with Crippen LogP contribution in [-0.2, 0) is 23.0 Å². The lowest BCUT2D eigenvalue weighted by Crippen LogP contribution is -2.40. The number of aryl methyl sites for hydroxylation is 1. The molecule has 1 aliphatic heterocycles. The van der Waals surface area contributed by atoms with Crippen LogP contribution >= 0.6 is 0 Å².